The highest BCUT2D eigenvalue weighted by Crippen LogP contribution is 2.43. The van der Waals surface area contributed by atoms with Gasteiger partial charge in [0.2, 0.25) is 0 Å². The molecule has 2 aliphatic rings. The van der Waals surface area contributed by atoms with E-state index in [1.165, 1.54) is 16.8 Å². The van der Waals surface area contributed by atoms with E-state index in [0.29, 0.717) is 44.5 Å². The molecule has 2 atom stereocenters. The van der Waals surface area contributed by atoms with Crippen LogP contribution in [0.3, 0.4) is 0 Å². The number of likely N-dealkylation sites (tertiary alicyclic amines) is 1. The van der Waals surface area contributed by atoms with E-state index in [4.69, 9.17) is 10.5 Å². The number of carbonyl (C=O) groups is 1. The third-order valence-corrected chi connectivity index (χ3v) is 6.51. The number of rotatable bonds is 3. The molecule has 4 rings (SSSR count). The van der Waals surface area contributed by atoms with Gasteiger partial charge in [-0.05, 0) is 37.5 Å². The Hall–Kier alpha value is -2.75. The van der Waals surface area contributed by atoms with Gasteiger partial charge >= 0.3 is 5.69 Å². The van der Waals surface area contributed by atoms with E-state index in [0.717, 1.165) is 5.56 Å². The largest absolute Gasteiger partial charge is 0.386 e. The molecule has 1 aromatic heterocycles. The molecule has 1 amide bonds. The molecule has 4 N–H and O–H groups in total. The number of carbonyl (C=O) groups excluding carboxylic acids is 1. The predicted octanol–water partition coefficient (Wildman–Crippen LogP) is 0.383. The molecule has 2 fully saturated rings. The van der Waals surface area contributed by atoms with Crippen molar-refractivity contribution in [2.45, 2.75) is 50.0 Å². The molecular weight excluding hydrogens is 400 g/mol. The Morgan fingerprint density at radius 2 is 2.03 bits per heavy atom. The summed E-state index contributed by atoms with van der Waals surface area (Å²) in [6.45, 7) is 3.10. The van der Waals surface area contributed by atoms with Gasteiger partial charge in [0.15, 0.2) is 0 Å². The van der Waals surface area contributed by atoms with Crippen molar-refractivity contribution < 1.29 is 14.6 Å². The van der Waals surface area contributed by atoms with Crippen molar-refractivity contribution in [2.75, 3.05) is 19.7 Å². The molecule has 0 radical (unpaired) electrons. The van der Waals surface area contributed by atoms with E-state index in [9.17, 15) is 19.5 Å². The standard InChI is InChI=1S/C22H28N4O5/c1-21(30)14-31-22(12-17(21)26-8-5-18(27)24-20(26)29)6-9-25(10-7-22)19(28)16-4-2-3-15(11-16)13-23/h2-5,8,11,17,30H,6-7,9-10,12-14,23H2,1H3,(H,24,27,29)/t17-,21-/m0/s1. The van der Waals surface area contributed by atoms with Crippen molar-refractivity contribution in [1.82, 2.24) is 14.5 Å². The van der Waals surface area contributed by atoms with E-state index in [-0.39, 0.29) is 12.5 Å². The van der Waals surface area contributed by atoms with Gasteiger partial charge in [-0.15, -0.1) is 0 Å². The van der Waals surface area contributed by atoms with E-state index in [1.54, 1.807) is 17.9 Å². The van der Waals surface area contributed by atoms with Crippen molar-refractivity contribution >= 4 is 5.91 Å². The van der Waals surface area contributed by atoms with Gasteiger partial charge in [0, 0.05) is 43.9 Å². The maximum absolute atomic E-state index is 12.9. The fourth-order valence-electron chi connectivity index (χ4n) is 4.58. The van der Waals surface area contributed by atoms with Gasteiger partial charge in [-0.3, -0.25) is 19.1 Å². The SMILES string of the molecule is C[C@]1(O)COC2(CCN(C(=O)c3cccc(CN)c3)CC2)C[C@@H]1n1ccc(=O)[nH]c1=O. The molecule has 1 spiro atoms. The summed E-state index contributed by atoms with van der Waals surface area (Å²) in [5, 5.41) is 10.9. The molecule has 0 aliphatic carbocycles. The van der Waals surface area contributed by atoms with Gasteiger partial charge in [0.1, 0.15) is 5.60 Å². The molecule has 0 unspecified atom stereocenters. The molecule has 31 heavy (non-hydrogen) atoms. The van der Waals surface area contributed by atoms with Gasteiger partial charge in [-0.2, -0.15) is 0 Å². The number of hydrogen-bond donors (Lipinski definition) is 3. The lowest BCUT2D eigenvalue weighted by Gasteiger charge is -2.51. The first-order chi connectivity index (χ1) is 14.7. The molecule has 0 bridgehead atoms. The van der Waals surface area contributed by atoms with Crippen molar-refractivity contribution in [1.29, 1.82) is 0 Å². The van der Waals surface area contributed by atoms with Crippen LogP contribution in [0.4, 0.5) is 0 Å². The van der Waals surface area contributed by atoms with Gasteiger partial charge in [0.05, 0.1) is 18.2 Å². The van der Waals surface area contributed by atoms with Crippen LogP contribution < -0.4 is 17.0 Å². The predicted molar refractivity (Wildman–Crippen MR) is 114 cm³/mol. The Bertz CT molecular complexity index is 1080. The zero-order valence-corrected chi connectivity index (χ0v) is 17.5. The van der Waals surface area contributed by atoms with Crippen molar-refractivity contribution in [3.8, 4) is 0 Å². The maximum atomic E-state index is 12.9. The van der Waals surface area contributed by atoms with Crippen LogP contribution in [0.1, 0.15) is 48.1 Å². The third kappa shape index (κ3) is 4.21. The average Bonchev–Trinajstić information content (AvgIpc) is 2.76. The second-order valence-electron chi connectivity index (χ2n) is 8.76. The summed E-state index contributed by atoms with van der Waals surface area (Å²) in [7, 11) is 0. The second-order valence-corrected chi connectivity index (χ2v) is 8.76. The van der Waals surface area contributed by atoms with Crippen LogP contribution in [0.25, 0.3) is 0 Å². The molecule has 1 aromatic carbocycles. The number of nitrogens with one attached hydrogen (secondary N) is 1. The Morgan fingerprint density at radius 1 is 1.29 bits per heavy atom. The number of ether oxygens (including phenoxy) is 1. The molecule has 3 heterocycles. The highest BCUT2D eigenvalue weighted by atomic mass is 16.5. The normalized spacial score (nSPS) is 25.5. The van der Waals surface area contributed by atoms with Gasteiger partial charge in [-0.1, -0.05) is 12.1 Å². The summed E-state index contributed by atoms with van der Waals surface area (Å²) in [6.07, 6.45) is 3.03. The van der Waals surface area contributed by atoms with E-state index in [1.807, 2.05) is 18.2 Å². The first kappa shape index (κ1) is 21.5. The van der Waals surface area contributed by atoms with Crippen LogP contribution >= 0.6 is 0 Å². The number of hydrogen-bond acceptors (Lipinski definition) is 6. The lowest BCUT2D eigenvalue weighted by atomic mass is 9.77. The third-order valence-electron chi connectivity index (χ3n) is 6.51. The minimum absolute atomic E-state index is 0.0404. The number of aromatic nitrogens is 2. The minimum atomic E-state index is -1.26. The van der Waals surface area contributed by atoms with Crippen LogP contribution in [0.15, 0.2) is 46.1 Å². The summed E-state index contributed by atoms with van der Waals surface area (Å²) in [5.41, 5.74) is 4.37. The fourth-order valence-corrected chi connectivity index (χ4v) is 4.58. The Balaban J connectivity index is 1.50. The number of piperidine rings is 1. The highest BCUT2D eigenvalue weighted by molar-refractivity contribution is 5.94. The first-order valence-electron chi connectivity index (χ1n) is 10.5. The maximum Gasteiger partial charge on any atom is 0.328 e. The van der Waals surface area contributed by atoms with Gasteiger partial charge in [-0.25, -0.2) is 4.79 Å². The number of aliphatic hydroxyl groups is 1. The molecule has 9 heteroatoms. The summed E-state index contributed by atoms with van der Waals surface area (Å²) >= 11 is 0. The lowest BCUT2D eigenvalue weighted by Crippen LogP contribution is -2.58. The smallest absolute Gasteiger partial charge is 0.328 e. The Kier molecular flexibility index (Phi) is 5.59. The molecule has 166 valence electrons. The van der Waals surface area contributed by atoms with E-state index in [2.05, 4.69) is 4.98 Å². The van der Waals surface area contributed by atoms with Crippen molar-refractivity contribution in [2.24, 2.45) is 5.73 Å². The topological polar surface area (TPSA) is 131 Å². The van der Waals surface area contributed by atoms with Gasteiger partial charge < -0.3 is 20.5 Å². The van der Waals surface area contributed by atoms with E-state index >= 15 is 0 Å². The van der Waals surface area contributed by atoms with Crippen LogP contribution in [0, 0.1) is 0 Å². The van der Waals surface area contributed by atoms with E-state index < -0.39 is 28.5 Å². The molecule has 0 saturated carbocycles. The summed E-state index contributed by atoms with van der Waals surface area (Å²) in [4.78, 5) is 40.8. The van der Waals surface area contributed by atoms with Crippen molar-refractivity contribution in [3.63, 3.8) is 0 Å². The van der Waals surface area contributed by atoms with Crippen LogP contribution in [-0.4, -0.2) is 56.4 Å². The van der Waals surface area contributed by atoms with Crippen LogP contribution in [0.2, 0.25) is 0 Å². The quantitative estimate of drug-likeness (QED) is 0.648. The lowest BCUT2D eigenvalue weighted by molar-refractivity contribution is -0.199. The van der Waals surface area contributed by atoms with Crippen LogP contribution in [0.5, 0.6) is 0 Å². The number of amides is 1. The van der Waals surface area contributed by atoms with Gasteiger partial charge in [0.25, 0.3) is 11.5 Å². The first-order valence-corrected chi connectivity index (χ1v) is 10.5. The summed E-state index contributed by atoms with van der Waals surface area (Å²) in [6, 6.07) is 8.06. The zero-order valence-electron chi connectivity index (χ0n) is 17.5. The summed E-state index contributed by atoms with van der Waals surface area (Å²) in [5.74, 6) is -0.0404. The monoisotopic (exact) mass is 428 g/mol. The molecule has 2 aromatic rings. The fraction of sp³-hybridized carbons (Fsp3) is 0.500. The molecule has 2 aliphatic heterocycles. The Labute approximate surface area is 179 Å². The van der Waals surface area contributed by atoms with Crippen LogP contribution in [-0.2, 0) is 11.3 Å². The number of benzene rings is 1. The molecular formula is C22H28N4O5. The minimum Gasteiger partial charge on any atom is -0.386 e. The number of aromatic amines is 1. The van der Waals surface area contributed by atoms with Crippen molar-refractivity contribution in [3.05, 3.63) is 68.5 Å². The second kappa shape index (κ2) is 8.07. The average molecular weight is 428 g/mol. The Morgan fingerprint density at radius 3 is 2.71 bits per heavy atom. The number of nitrogens with zero attached hydrogens (tertiary/aromatic N) is 2. The number of nitrogens with two attached hydrogens (primary N) is 1. The molecule has 2 saturated heterocycles. The number of H-pyrrole nitrogens is 1. The summed E-state index contributed by atoms with van der Waals surface area (Å²) < 4.78 is 7.49. The highest BCUT2D eigenvalue weighted by Gasteiger charge is 2.49. The zero-order chi connectivity index (χ0) is 22.2. The molecule has 9 nitrogen and oxygen atoms in total.